The lowest BCUT2D eigenvalue weighted by Crippen LogP contribution is -2.39. The molecule has 182 valence electrons. The van der Waals surface area contributed by atoms with E-state index in [1.807, 2.05) is 6.07 Å². The first-order valence-corrected chi connectivity index (χ1v) is 12.5. The number of aliphatic hydroxyl groups excluding tert-OH is 2. The molecule has 0 bridgehead atoms. The molecule has 2 aliphatic carbocycles. The lowest BCUT2D eigenvalue weighted by Gasteiger charge is -2.27. The Bertz CT molecular complexity index is 1050. The standard InChI is InChI=1S/C25H31ClN4O4/c26-21-12-16(2-3-17(21)14-31)15-34-23-20(22(33)28-18-4-6-19(32)7-5-18)13-27-24(29-23)30-11-1-8-25(30)9-10-25/h2-3,12-13,18-19,31-32H,1,4-11,14-15H2,(H,28,33)/t18-,19-. The fourth-order valence-electron chi connectivity index (χ4n) is 5.11. The van der Waals surface area contributed by atoms with Crippen molar-refractivity contribution in [2.45, 2.75) is 82.3 Å². The summed E-state index contributed by atoms with van der Waals surface area (Å²) in [6.45, 7) is 0.964. The molecule has 2 aromatic rings. The van der Waals surface area contributed by atoms with Gasteiger partial charge in [-0.15, -0.1) is 0 Å². The highest BCUT2D eigenvalue weighted by Crippen LogP contribution is 2.50. The minimum atomic E-state index is -0.283. The maximum atomic E-state index is 13.1. The molecule has 1 aromatic carbocycles. The normalized spacial score (nSPS) is 23.2. The Balaban J connectivity index is 1.37. The van der Waals surface area contributed by atoms with Crippen molar-refractivity contribution in [3.05, 3.63) is 46.1 Å². The van der Waals surface area contributed by atoms with Crippen LogP contribution in [0, 0.1) is 0 Å². The molecular weight excluding hydrogens is 456 g/mol. The van der Waals surface area contributed by atoms with Gasteiger partial charge in [0.25, 0.3) is 5.91 Å². The van der Waals surface area contributed by atoms with Gasteiger partial charge in [0.05, 0.1) is 12.7 Å². The number of amides is 1. The first-order valence-electron chi connectivity index (χ1n) is 12.1. The largest absolute Gasteiger partial charge is 0.472 e. The SMILES string of the molecule is O=C(N[C@H]1CC[C@H](O)CC1)c1cnc(N2CCCC23CC3)nc1OCc1ccc(CO)c(Cl)c1. The van der Waals surface area contributed by atoms with Crippen LogP contribution in [-0.4, -0.2) is 50.3 Å². The number of rotatable bonds is 7. The van der Waals surface area contributed by atoms with E-state index < -0.39 is 0 Å². The number of hydrogen-bond donors (Lipinski definition) is 3. The van der Waals surface area contributed by atoms with Gasteiger partial charge in [-0.25, -0.2) is 4.98 Å². The number of nitrogens with zero attached hydrogens (tertiary/aromatic N) is 3. The summed E-state index contributed by atoms with van der Waals surface area (Å²) < 4.78 is 6.07. The lowest BCUT2D eigenvalue weighted by molar-refractivity contribution is 0.0862. The van der Waals surface area contributed by atoms with E-state index in [9.17, 15) is 15.0 Å². The smallest absolute Gasteiger partial charge is 0.258 e. The summed E-state index contributed by atoms with van der Waals surface area (Å²) in [5, 5.41) is 22.6. The monoisotopic (exact) mass is 486 g/mol. The minimum absolute atomic E-state index is 0.0153. The van der Waals surface area contributed by atoms with Crippen LogP contribution in [0.25, 0.3) is 0 Å². The van der Waals surface area contributed by atoms with E-state index in [1.54, 1.807) is 18.3 Å². The quantitative estimate of drug-likeness (QED) is 0.550. The Morgan fingerprint density at radius 2 is 2.03 bits per heavy atom. The third-order valence-corrected chi connectivity index (χ3v) is 7.70. The van der Waals surface area contributed by atoms with E-state index in [4.69, 9.17) is 21.3 Å². The summed E-state index contributed by atoms with van der Waals surface area (Å²) in [7, 11) is 0. The molecule has 3 aliphatic rings. The molecule has 3 N–H and O–H groups in total. The number of nitrogens with one attached hydrogen (secondary N) is 1. The number of anilines is 1. The van der Waals surface area contributed by atoms with Crippen molar-refractivity contribution >= 4 is 23.5 Å². The molecule has 8 nitrogen and oxygen atoms in total. The fourth-order valence-corrected chi connectivity index (χ4v) is 5.37. The van der Waals surface area contributed by atoms with E-state index in [2.05, 4.69) is 15.2 Å². The maximum Gasteiger partial charge on any atom is 0.258 e. The molecule has 1 aromatic heterocycles. The Hall–Kier alpha value is -2.42. The van der Waals surface area contributed by atoms with Gasteiger partial charge in [0.2, 0.25) is 11.8 Å². The summed E-state index contributed by atoms with van der Waals surface area (Å²) in [6.07, 6.45) is 8.72. The molecule has 0 radical (unpaired) electrons. The van der Waals surface area contributed by atoms with Crippen molar-refractivity contribution in [2.75, 3.05) is 11.4 Å². The van der Waals surface area contributed by atoms with Gasteiger partial charge in [0.1, 0.15) is 12.2 Å². The maximum absolute atomic E-state index is 13.1. The van der Waals surface area contributed by atoms with Gasteiger partial charge < -0.3 is 25.2 Å². The van der Waals surface area contributed by atoms with Crippen molar-refractivity contribution < 1.29 is 19.7 Å². The van der Waals surface area contributed by atoms with Gasteiger partial charge >= 0.3 is 0 Å². The van der Waals surface area contributed by atoms with Crippen LogP contribution >= 0.6 is 11.6 Å². The van der Waals surface area contributed by atoms with E-state index in [1.165, 1.54) is 0 Å². The average Bonchev–Trinajstić information content (AvgIpc) is 3.49. The Kier molecular flexibility index (Phi) is 6.64. The second-order valence-corrected chi connectivity index (χ2v) is 10.1. The topological polar surface area (TPSA) is 108 Å². The van der Waals surface area contributed by atoms with Crippen molar-refractivity contribution in [1.82, 2.24) is 15.3 Å². The Labute approximate surface area is 204 Å². The second kappa shape index (κ2) is 9.68. The molecule has 9 heteroatoms. The van der Waals surface area contributed by atoms with Gasteiger partial charge in [-0.1, -0.05) is 23.7 Å². The second-order valence-electron chi connectivity index (χ2n) is 9.72. The van der Waals surface area contributed by atoms with Gasteiger partial charge in [-0.05, 0) is 68.6 Å². The van der Waals surface area contributed by atoms with Crippen molar-refractivity contribution in [3.8, 4) is 5.88 Å². The first-order chi connectivity index (χ1) is 16.5. The predicted molar refractivity (Wildman–Crippen MR) is 128 cm³/mol. The third-order valence-electron chi connectivity index (χ3n) is 7.35. The number of hydrogen-bond acceptors (Lipinski definition) is 7. The van der Waals surface area contributed by atoms with Crippen LogP contribution in [0.3, 0.4) is 0 Å². The van der Waals surface area contributed by atoms with Crippen LogP contribution in [0.4, 0.5) is 5.95 Å². The molecular formula is C25H31ClN4O4. The molecule has 2 heterocycles. The Morgan fingerprint density at radius 1 is 1.24 bits per heavy atom. The molecule has 0 atom stereocenters. The van der Waals surface area contributed by atoms with Crippen molar-refractivity contribution in [1.29, 1.82) is 0 Å². The van der Waals surface area contributed by atoms with E-state index in [-0.39, 0.29) is 42.7 Å². The zero-order chi connectivity index (χ0) is 23.7. The van der Waals surface area contributed by atoms with Crippen LogP contribution in [0.15, 0.2) is 24.4 Å². The lowest BCUT2D eigenvalue weighted by atomic mass is 9.93. The number of ether oxygens (including phenoxy) is 1. The van der Waals surface area contributed by atoms with Crippen molar-refractivity contribution in [2.24, 2.45) is 0 Å². The highest BCUT2D eigenvalue weighted by Gasteiger charge is 2.51. The average molecular weight is 487 g/mol. The van der Waals surface area contributed by atoms with Crippen molar-refractivity contribution in [3.63, 3.8) is 0 Å². The predicted octanol–water partition coefficient (Wildman–Crippen LogP) is 3.37. The van der Waals surface area contributed by atoms with E-state index in [0.29, 0.717) is 34.9 Å². The zero-order valence-corrected chi connectivity index (χ0v) is 19.9. The van der Waals surface area contributed by atoms with Gasteiger partial charge in [-0.3, -0.25) is 4.79 Å². The molecule has 1 amide bonds. The van der Waals surface area contributed by atoms with Crippen LogP contribution in [0.5, 0.6) is 5.88 Å². The molecule has 5 rings (SSSR count). The summed E-state index contributed by atoms with van der Waals surface area (Å²) in [5.41, 5.74) is 1.94. The number of carbonyl (C=O) groups excluding carboxylic acids is 1. The summed E-state index contributed by atoms with van der Waals surface area (Å²) in [6, 6.07) is 5.37. The first kappa shape index (κ1) is 23.3. The van der Waals surface area contributed by atoms with Gasteiger partial charge in [-0.2, -0.15) is 4.98 Å². The third kappa shape index (κ3) is 4.85. The highest BCUT2D eigenvalue weighted by molar-refractivity contribution is 6.31. The molecule has 3 fully saturated rings. The van der Waals surface area contributed by atoms with Gasteiger partial charge in [0.15, 0.2) is 0 Å². The van der Waals surface area contributed by atoms with Crippen LogP contribution < -0.4 is 15.0 Å². The minimum Gasteiger partial charge on any atom is -0.472 e. The molecule has 0 unspecified atom stereocenters. The highest BCUT2D eigenvalue weighted by atomic mass is 35.5. The van der Waals surface area contributed by atoms with E-state index >= 15 is 0 Å². The number of halogens is 1. The number of benzene rings is 1. The van der Waals surface area contributed by atoms with Gasteiger partial charge in [0, 0.05) is 29.3 Å². The summed E-state index contributed by atoms with van der Waals surface area (Å²) in [5.74, 6) is 0.596. The van der Waals surface area contributed by atoms with E-state index in [0.717, 1.165) is 50.6 Å². The molecule has 1 aliphatic heterocycles. The molecule has 1 spiro atoms. The fraction of sp³-hybridized carbons (Fsp3) is 0.560. The summed E-state index contributed by atoms with van der Waals surface area (Å²) >= 11 is 6.23. The number of carbonyl (C=O) groups is 1. The molecule has 1 saturated heterocycles. The van der Waals surface area contributed by atoms with Crippen LogP contribution in [-0.2, 0) is 13.2 Å². The summed E-state index contributed by atoms with van der Waals surface area (Å²) in [4.78, 5) is 24.7. The van der Waals surface area contributed by atoms with Crippen LogP contribution in [0.2, 0.25) is 5.02 Å². The van der Waals surface area contributed by atoms with Crippen LogP contribution in [0.1, 0.15) is 72.9 Å². The molecule has 34 heavy (non-hydrogen) atoms. The Morgan fingerprint density at radius 3 is 2.74 bits per heavy atom. The zero-order valence-electron chi connectivity index (χ0n) is 19.2. The number of aliphatic hydroxyl groups is 2. The number of aromatic nitrogens is 2. The molecule has 2 saturated carbocycles.